The molecule has 1 N–H and O–H groups in total. The van der Waals surface area contributed by atoms with Crippen molar-refractivity contribution in [3.05, 3.63) is 54.4 Å². The van der Waals surface area contributed by atoms with Gasteiger partial charge in [0.05, 0.1) is 5.52 Å². The lowest BCUT2D eigenvalue weighted by Gasteiger charge is -2.11. The Labute approximate surface area is 156 Å². The Hall–Kier alpha value is -2.42. The third-order valence-electron chi connectivity index (χ3n) is 4.76. The molecule has 0 saturated carbocycles. The van der Waals surface area contributed by atoms with Gasteiger partial charge in [0, 0.05) is 11.9 Å². The standard InChI is InChI=1S/C23H29N3/c1-4-5-6-18-7-9-19(10-8-18)20-11-12-22-21(15-20)23(26-16-25-22)24-14-13-17(2)3/h7-12,15-17H,4-6,13-14H2,1-3H3,(H,24,25,26). The smallest absolute Gasteiger partial charge is 0.137 e. The first-order valence-electron chi connectivity index (χ1n) is 9.75. The van der Waals surface area contributed by atoms with E-state index >= 15 is 0 Å². The zero-order chi connectivity index (χ0) is 18.4. The van der Waals surface area contributed by atoms with Crippen LogP contribution in [0.3, 0.4) is 0 Å². The lowest BCUT2D eigenvalue weighted by atomic mass is 10.0. The van der Waals surface area contributed by atoms with Crippen molar-refractivity contribution in [1.29, 1.82) is 0 Å². The number of aryl methyl sites for hydroxylation is 1. The fourth-order valence-corrected chi connectivity index (χ4v) is 3.10. The Kier molecular flexibility index (Phi) is 6.21. The number of benzene rings is 2. The van der Waals surface area contributed by atoms with Crippen LogP contribution < -0.4 is 5.32 Å². The summed E-state index contributed by atoms with van der Waals surface area (Å²) in [7, 11) is 0. The lowest BCUT2D eigenvalue weighted by molar-refractivity contribution is 0.607. The Bertz CT molecular complexity index is 838. The molecule has 0 unspecified atom stereocenters. The average molecular weight is 348 g/mol. The highest BCUT2D eigenvalue weighted by atomic mass is 15.0. The Balaban J connectivity index is 1.85. The van der Waals surface area contributed by atoms with Gasteiger partial charge in [0.15, 0.2) is 0 Å². The topological polar surface area (TPSA) is 37.8 Å². The molecule has 0 spiro atoms. The molecule has 0 saturated heterocycles. The van der Waals surface area contributed by atoms with Gasteiger partial charge in [0.2, 0.25) is 0 Å². The largest absolute Gasteiger partial charge is 0.369 e. The zero-order valence-electron chi connectivity index (χ0n) is 16.1. The molecule has 3 nitrogen and oxygen atoms in total. The molecule has 1 heterocycles. The van der Waals surface area contributed by atoms with E-state index in [-0.39, 0.29) is 0 Å². The first-order chi connectivity index (χ1) is 12.7. The molecule has 0 aliphatic rings. The van der Waals surface area contributed by atoms with Crippen LogP contribution in [0.4, 0.5) is 5.82 Å². The number of nitrogens with zero attached hydrogens (tertiary/aromatic N) is 2. The second kappa shape index (κ2) is 8.79. The molecule has 0 amide bonds. The molecule has 1 aromatic heterocycles. The van der Waals surface area contributed by atoms with Crippen LogP contribution in [0, 0.1) is 5.92 Å². The summed E-state index contributed by atoms with van der Waals surface area (Å²) in [6.07, 6.45) is 6.41. The maximum absolute atomic E-state index is 4.46. The van der Waals surface area contributed by atoms with Crippen molar-refractivity contribution in [2.45, 2.75) is 46.5 Å². The minimum Gasteiger partial charge on any atom is -0.369 e. The van der Waals surface area contributed by atoms with Gasteiger partial charge in [-0.25, -0.2) is 9.97 Å². The summed E-state index contributed by atoms with van der Waals surface area (Å²) < 4.78 is 0. The highest BCUT2D eigenvalue weighted by Gasteiger charge is 2.07. The molecule has 3 rings (SSSR count). The van der Waals surface area contributed by atoms with Gasteiger partial charge in [0.1, 0.15) is 12.1 Å². The van der Waals surface area contributed by atoms with Crippen LogP contribution in [-0.2, 0) is 6.42 Å². The fraction of sp³-hybridized carbons (Fsp3) is 0.391. The molecule has 136 valence electrons. The van der Waals surface area contributed by atoms with Crippen LogP contribution >= 0.6 is 0 Å². The fourth-order valence-electron chi connectivity index (χ4n) is 3.10. The van der Waals surface area contributed by atoms with Gasteiger partial charge in [-0.3, -0.25) is 0 Å². The van der Waals surface area contributed by atoms with Crippen molar-refractivity contribution >= 4 is 16.7 Å². The number of aromatic nitrogens is 2. The Morgan fingerprint density at radius 1 is 0.962 bits per heavy atom. The van der Waals surface area contributed by atoms with Crippen LogP contribution in [0.1, 0.15) is 45.6 Å². The van der Waals surface area contributed by atoms with Gasteiger partial charge >= 0.3 is 0 Å². The maximum atomic E-state index is 4.46. The van der Waals surface area contributed by atoms with E-state index in [2.05, 4.69) is 78.5 Å². The summed E-state index contributed by atoms with van der Waals surface area (Å²) in [4.78, 5) is 8.88. The molecule has 0 aliphatic carbocycles. The molecular weight excluding hydrogens is 318 g/mol. The number of anilines is 1. The SMILES string of the molecule is CCCCc1ccc(-c2ccc3ncnc(NCCC(C)C)c3c2)cc1. The van der Waals surface area contributed by atoms with Crippen molar-refractivity contribution in [2.24, 2.45) is 5.92 Å². The minimum absolute atomic E-state index is 0.678. The second-order valence-corrected chi connectivity index (χ2v) is 7.36. The van der Waals surface area contributed by atoms with Gasteiger partial charge in [0.25, 0.3) is 0 Å². The van der Waals surface area contributed by atoms with Gasteiger partial charge in [-0.05, 0) is 54.0 Å². The van der Waals surface area contributed by atoms with Crippen molar-refractivity contribution in [3.8, 4) is 11.1 Å². The first-order valence-corrected chi connectivity index (χ1v) is 9.75. The van der Waals surface area contributed by atoms with E-state index in [4.69, 9.17) is 0 Å². The van der Waals surface area contributed by atoms with Gasteiger partial charge in [-0.15, -0.1) is 0 Å². The monoisotopic (exact) mass is 347 g/mol. The summed E-state index contributed by atoms with van der Waals surface area (Å²) in [5.41, 5.74) is 4.84. The molecule has 0 bridgehead atoms. The van der Waals surface area contributed by atoms with Gasteiger partial charge in [-0.2, -0.15) is 0 Å². The number of hydrogen-bond donors (Lipinski definition) is 1. The molecule has 0 atom stereocenters. The summed E-state index contributed by atoms with van der Waals surface area (Å²) >= 11 is 0. The van der Waals surface area contributed by atoms with Gasteiger partial charge in [-0.1, -0.05) is 57.5 Å². The summed E-state index contributed by atoms with van der Waals surface area (Å²) in [5.74, 6) is 1.61. The van der Waals surface area contributed by atoms with Crippen molar-refractivity contribution in [1.82, 2.24) is 9.97 Å². The molecule has 26 heavy (non-hydrogen) atoms. The van der Waals surface area contributed by atoms with Crippen LogP contribution in [-0.4, -0.2) is 16.5 Å². The Morgan fingerprint density at radius 3 is 2.46 bits per heavy atom. The highest BCUT2D eigenvalue weighted by molar-refractivity contribution is 5.92. The molecule has 0 radical (unpaired) electrons. The third-order valence-corrected chi connectivity index (χ3v) is 4.76. The number of fused-ring (bicyclic) bond motifs is 1. The van der Waals surface area contributed by atoms with E-state index in [0.717, 1.165) is 36.1 Å². The van der Waals surface area contributed by atoms with E-state index < -0.39 is 0 Å². The number of nitrogens with one attached hydrogen (secondary N) is 1. The van der Waals surface area contributed by atoms with E-state index in [1.54, 1.807) is 6.33 Å². The zero-order valence-corrected chi connectivity index (χ0v) is 16.1. The summed E-state index contributed by atoms with van der Waals surface area (Å²) in [6.45, 7) is 7.64. The lowest BCUT2D eigenvalue weighted by Crippen LogP contribution is -2.06. The van der Waals surface area contributed by atoms with Crippen LogP contribution in [0.15, 0.2) is 48.8 Å². The van der Waals surface area contributed by atoms with Crippen LogP contribution in [0.25, 0.3) is 22.0 Å². The van der Waals surface area contributed by atoms with Crippen molar-refractivity contribution in [3.63, 3.8) is 0 Å². The van der Waals surface area contributed by atoms with Crippen molar-refractivity contribution < 1.29 is 0 Å². The summed E-state index contributed by atoms with van der Waals surface area (Å²) in [5, 5.41) is 4.57. The minimum atomic E-state index is 0.678. The number of hydrogen-bond acceptors (Lipinski definition) is 3. The average Bonchev–Trinajstić information content (AvgIpc) is 2.66. The predicted molar refractivity (Wildman–Crippen MR) is 112 cm³/mol. The second-order valence-electron chi connectivity index (χ2n) is 7.36. The molecule has 3 heteroatoms. The highest BCUT2D eigenvalue weighted by Crippen LogP contribution is 2.27. The number of rotatable bonds is 8. The first kappa shape index (κ1) is 18.4. The van der Waals surface area contributed by atoms with Crippen LogP contribution in [0.5, 0.6) is 0 Å². The van der Waals surface area contributed by atoms with E-state index in [9.17, 15) is 0 Å². The molecule has 3 aromatic rings. The summed E-state index contributed by atoms with van der Waals surface area (Å²) in [6, 6.07) is 15.4. The van der Waals surface area contributed by atoms with Crippen molar-refractivity contribution in [2.75, 3.05) is 11.9 Å². The molecular formula is C23H29N3. The van der Waals surface area contributed by atoms with E-state index in [1.807, 2.05) is 0 Å². The molecule has 0 fully saturated rings. The van der Waals surface area contributed by atoms with E-state index in [1.165, 1.54) is 29.5 Å². The molecule has 2 aromatic carbocycles. The van der Waals surface area contributed by atoms with E-state index in [0.29, 0.717) is 5.92 Å². The van der Waals surface area contributed by atoms with Gasteiger partial charge < -0.3 is 5.32 Å². The number of unbranched alkanes of at least 4 members (excludes halogenated alkanes) is 1. The quantitative estimate of drug-likeness (QED) is 0.535. The Morgan fingerprint density at radius 2 is 1.73 bits per heavy atom. The van der Waals surface area contributed by atoms with Crippen LogP contribution in [0.2, 0.25) is 0 Å². The maximum Gasteiger partial charge on any atom is 0.137 e. The third kappa shape index (κ3) is 4.60. The normalized spacial score (nSPS) is 11.2. The molecule has 0 aliphatic heterocycles. The predicted octanol–water partition coefficient (Wildman–Crippen LogP) is 6.10.